The van der Waals surface area contributed by atoms with E-state index in [0.29, 0.717) is 0 Å². The Kier molecular flexibility index (Phi) is 2.35. The molecule has 4 nitrogen and oxygen atoms in total. The molecular weight excluding hydrogens is 156 g/mol. The van der Waals surface area contributed by atoms with Crippen LogP contribution in [0.15, 0.2) is 4.99 Å². The van der Waals surface area contributed by atoms with Crippen LogP contribution in [0.25, 0.3) is 0 Å². The zero-order valence-electron chi connectivity index (χ0n) is 7.87. The number of nitrogens with zero attached hydrogens (tertiary/aromatic N) is 2. The predicted molar refractivity (Wildman–Crippen MR) is 46.1 cm³/mol. The molecule has 0 saturated carbocycles. The van der Waals surface area contributed by atoms with Gasteiger partial charge in [-0.2, -0.15) is 0 Å². The first-order chi connectivity index (χ1) is 5.57. The highest BCUT2D eigenvalue weighted by atomic mass is 16.5. The molecule has 0 radical (unpaired) electrons. The van der Waals surface area contributed by atoms with Gasteiger partial charge < -0.3 is 9.64 Å². The first kappa shape index (κ1) is 9.03. The molecule has 68 valence electrons. The van der Waals surface area contributed by atoms with E-state index < -0.39 is 0 Å². The van der Waals surface area contributed by atoms with Gasteiger partial charge in [0.1, 0.15) is 0 Å². The summed E-state index contributed by atoms with van der Waals surface area (Å²) in [6.45, 7) is 3.80. The highest BCUT2D eigenvalue weighted by Gasteiger charge is 2.35. The number of likely N-dealkylation sites (N-methyl/N-ethyl adjacent to an activating group) is 1. The van der Waals surface area contributed by atoms with E-state index in [0.717, 1.165) is 5.84 Å². The number of ether oxygens (including phenoxy) is 1. The van der Waals surface area contributed by atoms with Gasteiger partial charge in [-0.1, -0.05) is 0 Å². The van der Waals surface area contributed by atoms with Gasteiger partial charge in [-0.25, -0.2) is 4.79 Å². The van der Waals surface area contributed by atoms with Crippen LogP contribution in [-0.4, -0.2) is 42.9 Å². The van der Waals surface area contributed by atoms with Crippen LogP contribution in [0.5, 0.6) is 0 Å². The third kappa shape index (κ3) is 1.29. The number of carbonyl (C=O) groups excluding carboxylic acids is 1. The van der Waals surface area contributed by atoms with E-state index in [1.807, 2.05) is 25.8 Å². The summed E-state index contributed by atoms with van der Waals surface area (Å²) >= 11 is 0. The molecule has 0 saturated heterocycles. The van der Waals surface area contributed by atoms with Gasteiger partial charge in [-0.3, -0.25) is 4.99 Å². The van der Waals surface area contributed by atoms with E-state index in [2.05, 4.69) is 9.73 Å². The number of hydrogen-bond acceptors (Lipinski definition) is 4. The highest BCUT2D eigenvalue weighted by molar-refractivity contribution is 5.89. The summed E-state index contributed by atoms with van der Waals surface area (Å²) in [5, 5.41) is 0. The first-order valence-electron chi connectivity index (χ1n) is 3.93. The lowest BCUT2D eigenvalue weighted by Gasteiger charge is -2.21. The summed E-state index contributed by atoms with van der Waals surface area (Å²) in [6, 6.07) is -0.238. The molecule has 1 aliphatic rings. The molecule has 1 heterocycles. The van der Waals surface area contributed by atoms with Crippen LogP contribution in [0.4, 0.5) is 0 Å². The summed E-state index contributed by atoms with van der Waals surface area (Å²) < 4.78 is 4.67. The minimum Gasteiger partial charge on any atom is -0.467 e. The van der Waals surface area contributed by atoms with Crippen LogP contribution in [0, 0.1) is 0 Å². The van der Waals surface area contributed by atoms with Crippen molar-refractivity contribution in [3.8, 4) is 0 Å². The van der Waals surface area contributed by atoms with E-state index in [1.165, 1.54) is 7.11 Å². The van der Waals surface area contributed by atoms with Crippen molar-refractivity contribution in [2.45, 2.75) is 25.9 Å². The Morgan fingerprint density at radius 2 is 2.25 bits per heavy atom. The van der Waals surface area contributed by atoms with Gasteiger partial charge >= 0.3 is 5.97 Å². The number of hydrogen-bond donors (Lipinski definition) is 0. The predicted octanol–water partition coefficient (Wildman–Crippen LogP) is 0.280. The SMILES string of the molecule is COC(=O)C1[C@H](C)N=C(C)N1C. The Morgan fingerprint density at radius 3 is 2.58 bits per heavy atom. The summed E-state index contributed by atoms with van der Waals surface area (Å²) in [6.07, 6.45) is 0. The fourth-order valence-corrected chi connectivity index (χ4v) is 1.46. The maximum absolute atomic E-state index is 11.2. The fourth-order valence-electron chi connectivity index (χ4n) is 1.46. The molecule has 0 aromatic rings. The molecule has 2 atom stereocenters. The fraction of sp³-hybridized carbons (Fsp3) is 0.750. The second-order valence-corrected chi connectivity index (χ2v) is 3.00. The minimum atomic E-state index is -0.241. The van der Waals surface area contributed by atoms with Crippen LogP contribution in [0.1, 0.15) is 13.8 Å². The molecule has 0 aromatic carbocycles. The molecular formula is C8H14N2O2. The van der Waals surface area contributed by atoms with Gasteiger partial charge in [-0.05, 0) is 13.8 Å². The van der Waals surface area contributed by atoms with Crippen molar-refractivity contribution in [1.29, 1.82) is 0 Å². The summed E-state index contributed by atoms with van der Waals surface area (Å²) in [5.41, 5.74) is 0. The molecule has 1 unspecified atom stereocenters. The molecule has 0 bridgehead atoms. The summed E-state index contributed by atoms with van der Waals surface area (Å²) in [7, 11) is 3.25. The van der Waals surface area contributed by atoms with Crippen molar-refractivity contribution in [3.63, 3.8) is 0 Å². The smallest absolute Gasteiger partial charge is 0.330 e. The van der Waals surface area contributed by atoms with Crippen LogP contribution < -0.4 is 0 Å². The van der Waals surface area contributed by atoms with Crippen molar-refractivity contribution in [1.82, 2.24) is 4.90 Å². The zero-order valence-corrected chi connectivity index (χ0v) is 7.87. The average molecular weight is 170 g/mol. The van der Waals surface area contributed by atoms with Gasteiger partial charge in [0.25, 0.3) is 0 Å². The molecule has 4 heteroatoms. The van der Waals surface area contributed by atoms with E-state index in [4.69, 9.17) is 0 Å². The van der Waals surface area contributed by atoms with Gasteiger partial charge in [-0.15, -0.1) is 0 Å². The molecule has 12 heavy (non-hydrogen) atoms. The Bertz CT molecular complexity index is 225. The third-order valence-corrected chi connectivity index (χ3v) is 2.22. The molecule has 0 spiro atoms. The number of aliphatic imine (C=N–C) groups is 1. The lowest BCUT2D eigenvalue weighted by atomic mass is 10.1. The van der Waals surface area contributed by atoms with E-state index >= 15 is 0 Å². The average Bonchev–Trinajstić information content (AvgIpc) is 2.26. The second-order valence-electron chi connectivity index (χ2n) is 3.00. The van der Waals surface area contributed by atoms with Crippen molar-refractivity contribution in [2.75, 3.05) is 14.2 Å². The van der Waals surface area contributed by atoms with Gasteiger partial charge in [0.05, 0.1) is 19.0 Å². The topological polar surface area (TPSA) is 41.9 Å². The largest absolute Gasteiger partial charge is 0.467 e. The van der Waals surface area contributed by atoms with Gasteiger partial charge in [0, 0.05) is 7.05 Å². The van der Waals surface area contributed by atoms with Crippen LogP contribution >= 0.6 is 0 Å². The van der Waals surface area contributed by atoms with Crippen molar-refractivity contribution < 1.29 is 9.53 Å². The Balaban J connectivity index is 2.76. The van der Waals surface area contributed by atoms with Gasteiger partial charge in [0.15, 0.2) is 6.04 Å². The number of amidine groups is 1. The van der Waals surface area contributed by atoms with Crippen molar-refractivity contribution in [3.05, 3.63) is 0 Å². The van der Waals surface area contributed by atoms with Crippen LogP contribution in [0.2, 0.25) is 0 Å². The highest BCUT2D eigenvalue weighted by Crippen LogP contribution is 2.16. The van der Waals surface area contributed by atoms with Crippen LogP contribution in [-0.2, 0) is 9.53 Å². The Hall–Kier alpha value is -1.06. The second kappa shape index (κ2) is 3.13. The maximum Gasteiger partial charge on any atom is 0.330 e. The Morgan fingerprint density at radius 1 is 1.67 bits per heavy atom. The molecule has 0 amide bonds. The van der Waals surface area contributed by atoms with E-state index in [1.54, 1.807) is 0 Å². The summed E-state index contributed by atoms with van der Waals surface area (Å²) in [5.74, 6) is 0.670. The molecule has 0 N–H and O–H groups in total. The number of methoxy groups -OCH3 is 1. The lowest BCUT2D eigenvalue weighted by Crippen LogP contribution is -2.42. The minimum absolute atomic E-state index is 0.00227. The lowest BCUT2D eigenvalue weighted by molar-refractivity contribution is -0.145. The van der Waals surface area contributed by atoms with Crippen LogP contribution in [0.3, 0.4) is 0 Å². The normalized spacial score (nSPS) is 28.7. The van der Waals surface area contributed by atoms with Crippen molar-refractivity contribution in [2.24, 2.45) is 4.99 Å². The molecule has 0 aliphatic carbocycles. The summed E-state index contributed by atoms with van der Waals surface area (Å²) in [4.78, 5) is 17.3. The number of esters is 1. The van der Waals surface area contributed by atoms with Crippen molar-refractivity contribution >= 4 is 11.8 Å². The van der Waals surface area contributed by atoms with E-state index in [9.17, 15) is 4.79 Å². The first-order valence-corrected chi connectivity index (χ1v) is 3.93. The molecule has 0 aromatic heterocycles. The molecule has 1 aliphatic heterocycles. The quantitative estimate of drug-likeness (QED) is 0.531. The standard InChI is InChI=1S/C8H14N2O2/c1-5-7(8(11)12-4)10(3)6(2)9-5/h5,7H,1-4H3/t5-,7?/m0/s1. The molecule has 0 fully saturated rings. The maximum atomic E-state index is 11.2. The number of rotatable bonds is 1. The monoisotopic (exact) mass is 170 g/mol. The van der Waals surface area contributed by atoms with Gasteiger partial charge in [0.2, 0.25) is 0 Å². The Labute approximate surface area is 72.2 Å². The molecule has 1 rings (SSSR count). The number of carbonyl (C=O) groups is 1. The van der Waals surface area contributed by atoms with E-state index in [-0.39, 0.29) is 18.1 Å². The zero-order chi connectivity index (χ0) is 9.30. The third-order valence-electron chi connectivity index (χ3n) is 2.22.